The molecule has 0 heterocycles. The average molecular weight is 399 g/mol. The first-order chi connectivity index (χ1) is 12.6. The summed E-state index contributed by atoms with van der Waals surface area (Å²) < 4.78 is 9.76. The van der Waals surface area contributed by atoms with Crippen LogP contribution in [0, 0.1) is 5.92 Å². The molecule has 2 atom stereocenters. The van der Waals surface area contributed by atoms with Crippen molar-refractivity contribution in [3.8, 4) is 0 Å². The lowest BCUT2D eigenvalue weighted by molar-refractivity contribution is -0.141. The highest BCUT2D eigenvalue weighted by atomic mass is 35.5. The van der Waals surface area contributed by atoms with Crippen LogP contribution in [0.15, 0.2) is 24.3 Å². The van der Waals surface area contributed by atoms with Gasteiger partial charge in [0.1, 0.15) is 6.04 Å². The molecule has 8 heteroatoms. The van der Waals surface area contributed by atoms with Crippen LogP contribution < -0.4 is 10.6 Å². The van der Waals surface area contributed by atoms with Gasteiger partial charge in [-0.1, -0.05) is 43.6 Å². The van der Waals surface area contributed by atoms with Crippen molar-refractivity contribution in [1.29, 1.82) is 0 Å². The van der Waals surface area contributed by atoms with Crippen LogP contribution in [0.1, 0.15) is 45.7 Å². The van der Waals surface area contributed by atoms with Gasteiger partial charge in [0.2, 0.25) is 5.91 Å². The van der Waals surface area contributed by atoms with E-state index in [-0.39, 0.29) is 18.4 Å². The number of ether oxygens (including phenoxy) is 2. The molecule has 0 bridgehead atoms. The van der Waals surface area contributed by atoms with E-state index in [4.69, 9.17) is 21.1 Å². The van der Waals surface area contributed by atoms with E-state index in [1.165, 1.54) is 7.11 Å². The molecule has 0 fully saturated rings. The fourth-order valence-electron chi connectivity index (χ4n) is 2.42. The Labute approximate surface area is 164 Å². The van der Waals surface area contributed by atoms with Crippen molar-refractivity contribution >= 4 is 29.6 Å². The summed E-state index contributed by atoms with van der Waals surface area (Å²) in [6.07, 6.45) is -1.08. The third-order valence-corrected chi connectivity index (χ3v) is 4.11. The van der Waals surface area contributed by atoms with Crippen molar-refractivity contribution in [3.63, 3.8) is 0 Å². The number of carbonyl (C=O) groups is 3. The fourth-order valence-corrected chi connectivity index (χ4v) is 2.69. The molecule has 0 saturated carbocycles. The van der Waals surface area contributed by atoms with Gasteiger partial charge in [-0.2, -0.15) is 0 Å². The van der Waals surface area contributed by atoms with E-state index in [1.54, 1.807) is 52.0 Å². The summed E-state index contributed by atoms with van der Waals surface area (Å²) in [5.41, 5.74) is 0.588. The van der Waals surface area contributed by atoms with Crippen LogP contribution in [0.3, 0.4) is 0 Å². The molecular weight excluding hydrogens is 372 g/mol. The number of rotatable bonds is 8. The monoisotopic (exact) mass is 398 g/mol. The summed E-state index contributed by atoms with van der Waals surface area (Å²) in [6, 6.07) is 5.38. The normalized spacial score (nSPS) is 13.0. The molecular formula is C19H27ClN2O5. The number of carbonyl (C=O) groups excluding carboxylic acids is 3. The Morgan fingerprint density at radius 2 is 1.70 bits per heavy atom. The zero-order valence-electron chi connectivity index (χ0n) is 16.2. The minimum atomic E-state index is -0.834. The van der Waals surface area contributed by atoms with E-state index >= 15 is 0 Å². The number of alkyl carbamates (subject to hydrolysis) is 1. The molecule has 0 aliphatic heterocycles. The van der Waals surface area contributed by atoms with Crippen LogP contribution in [-0.4, -0.2) is 37.2 Å². The Morgan fingerprint density at radius 3 is 2.22 bits per heavy atom. The lowest BCUT2D eigenvalue weighted by Crippen LogP contribution is -2.51. The average Bonchev–Trinajstić information content (AvgIpc) is 2.58. The van der Waals surface area contributed by atoms with Gasteiger partial charge in [-0.15, -0.1) is 0 Å². The van der Waals surface area contributed by atoms with Gasteiger partial charge in [0.05, 0.1) is 25.7 Å². The molecule has 0 aliphatic carbocycles. The largest absolute Gasteiger partial charge is 0.469 e. The molecule has 1 aromatic carbocycles. The molecule has 2 N–H and O–H groups in total. The van der Waals surface area contributed by atoms with Gasteiger partial charge in [-0.25, -0.2) is 4.79 Å². The van der Waals surface area contributed by atoms with E-state index in [0.29, 0.717) is 10.6 Å². The lowest BCUT2D eigenvalue weighted by atomic mass is 10.00. The molecule has 1 rings (SSSR count). The second-order valence-electron chi connectivity index (χ2n) is 6.68. The highest BCUT2D eigenvalue weighted by molar-refractivity contribution is 6.31. The third-order valence-electron chi connectivity index (χ3n) is 3.76. The molecule has 150 valence electrons. The maximum absolute atomic E-state index is 12.8. The second kappa shape index (κ2) is 10.8. The zero-order chi connectivity index (χ0) is 20.6. The van der Waals surface area contributed by atoms with Gasteiger partial charge in [0.15, 0.2) is 0 Å². The van der Waals surface area contributed by atoms with E-state index < -0.39 is 30.1 Å². The molecule has 0 aromatic heterocycles. The molecule has 0 saturated heterocycles. The number of methoxy groups -OCH3 is 1. The Bertz CT molecular complexity index is 663. The summed E-state index contributed by atoms with van der Waals surface area (Å²) >= 11 is 6.22. The van der Waals surface area contributed by atoms with Crippen molar-refractivity contribution in [3.05, 3.63) is 34.9 Å². The highest BCUT2D eigenvalue weighted by Crippen LogP contribution is 2.25. The molecule has 0 radical (unpaired) electrons. The minimum Gasteiger partial charge on any atom is -0.469 e. The number of nitrogens with one attached hydrogen (secondary N) is 2. The number of esters is 1. The van der Waals surface area contributed by atoms with E-state index in [9.17, 15) is 14.4 Å². The first kappa shape index (κ1) is 22.8. The van der Waals surface area contributed by atoms with Crippen molar-refractivity contribution < 1.29 is 23.9 Å². The molecule has 7 nitrogen and oxygen atoms in total. The van der Waals surface area contributed by atoms with Gasteiger partial charge in [0, 0.05) is 5.02 Å². The summed E-state index contributed by atoms with van der Waals surface area (Å²) in [5.74, 6) is -1.14. The number of hydrogen-bond acceptors (Lipinski definition) is 5. The minimum absolute atomic E-state index is 0.0901. The zero-order valence-corrected chi connectivity index (χ0v) is 17.0. The smallest absolute Gasteiger partial charge is 0.408 e. The van der Waals surface area contributed by atoms with Gasteiger partial charge in [-0.3, -0.25) is 9.59 Å². The molecule has 0 aliphatic rings. The van der Waals surface area contributed by atoms with Crippen LogP contribution in [0.25, 0.3) is 0 Å². The maximum Gasteiger partial charge on any atom is 0.408 e. The second-order valence-corrected chi connectivity index (χ2v) is 7.09. The molecule has 1 aromatic rings. The van der Waals surface area contributed by atoms with E-state index in [1.807, 2.05) is 0 Å². The summed E-state index contributed by atoms with van der Waals surface area (Å²) in [6.45, 7) is 7.02. The summed E-state index contributed by atoms with van der Waals surface area (Å²) in [4.78, 5) is 36.5. The Morgan fingerprint density at radius 1 is 1.07 bits per heavy atom. The predicted molar refractivity (Wildman–Crippen MR) is 102 cm³/mol. The predicted octanol–water partition coefficient (Wildman–Crippen LogP) is 3.22. The number of amides is 2. The van der Waals surface area contributed by atoms with Crippen LogP contribution in [-0.2, 0) is 19.1 Å². The molecule has 2 amide bonds. The molecule has 0 spiro atoms. The van der Waals surface area contributed by atoms with Crippen molar-refractivity contribution in [2.24, 2.45) is 5.92 Å². The van der Waals surface area contributed by atoms with Crippen LogP contribution in [0.2, 0.25) is 5.02 Å². The van der Waals surface area contributed by atoms with Crippen LogP contribution >= 0.6 is 11.6 Å². The Balaban J connectivity index is 2.99. The Kier molecular flexibility index (Phi) is 9.08. The highest BCUT2D eigenvalue weighted by Gasteiger charge is 2.29. The fraction of sp³-hybridized carbons (Fsp3) is 0.526. The maximum atomic E-state index is 12.8. The third kappa shape index (κ3) is 7.46. The van der Waals surface area contributed by atoms with Gasteiger partial charge in [-0.05, 0) is 31.4 Å². The van der Waals surface area contributed by atoms with Crippen LogP contribution in [0.5, 0.6) is 0 Å². The lowest BCUT2D eigenvalue weighted by Gasteiger charge is -2.26. The SMILES string of the molecule is COC(=O)CC(NC(=O)C(NC(=O)OC(C)C)C(C)C)c1ccccc1Cl. The van der Waals surface area contributed by atoms with Gasteiger partial charge < -0.3 is 20.1 Å². The van der Waals surface area contributed by atoms with Crippen molar-refractivity contribution in [2.45, 2.75) is 52.3 Å². The summed E-state index contributed by atoms with van der Waals surface area (Å²) in [7, 11) is 1.27. The van der Waals surface area contributed by atoms with Gasteiger partial charge >= 0.3 is 12.1 Å². The van der Waals surface area contributed by atoms with E-state index in [0.717, 1.165) is 0 Å². The van der Waals surface area contributed by atoms with Crippen molar-refractivity contribution in [2.75, 3.05) is 7.11 Å². The van der Waals surface area contributed by atoms with Crippen molar-refractivity contribution in [1.82, 2.24) is 10.6 Å². The number of halogens is 1. The van der Waals surface area contributed by atoms with E-state index in [2.05, 4.69) is 10.6 Å². The quantitative estimate of drug-likeness (QED) is 0.656. The number of hydrogen-bond donors (Lipinski definition) is 2. The summed E-state index contributed by atoms with van der Waals surface area (Å²) in [5, 5.41) is 5.77. The molecule has 2 unspecified atom stereocenters. The van der Waals surface area contributed by atoms with Gasteiger partial charge in [0.25, 0.3) is 0 Å². The van der Waals surface area contributed by atoms with Crippen LogP contribution in [0.4, 0.5) is 4.79 Å². The standard InChI is InChI=1S/C19H27ClN2O5/c1-11(2)17(22-19(25)27-12(3)4)18(24)21-15(10-16(23)26-5)13-8-6-7-9-14(13)20/h6-9,11-12,15,17H,10H2,1-5H3,(H,21,24)(H,22,25). The Hall–Kier alpha value is -2.28. The topological polar surface area (TPSA) is 93.7 Å². The molecule has 27 heavy (non-hydrogen) atoms. The first-order valence-electron chi connectivity index (χ1n) is 8.74. The first-order valence-corrected chi connectivity index (χ1v) is 9.12. The number of benzene rings is 1.